The molecule has 0 bridgehead atoms. The van der Waals surface area contributed by atoms with Crippen LogP contribution in [0, 0.1) is 0 Å². The van der Waals surface area contributed by atoms with Crippen molar-refractivity contribution in [3.63, 3.8) is 0 Å². The van der Waals surface area contributed by atoms with E-state index in [0.717, 1.165) is 6.42 Å². The zero-order valence-corrected chi connectivity index (χ0v) is 14.9. The Bertz CT molecular complexity index is 668. The lowest BCUT2D eigenvalue weighted by Crippen LogP contribution is -2.40. The van der Waals surface area contributed by atoms with Crippen molar-refractivity contribution in [3.8, 4) is 0 Å². The number of carbonyl (C=O) groups excluding carboxylic acids is 1. The van der Waals surface area contributed by atoms with Crippen molar-refractivity contribution in [3.05, 3.63) is 29.8 Å². The second-order valence-electron chi connectivity index (χ2n) is 5.81. The van der Waals surface area contributed by atoms with Crippen molar-refractivity contribution < 1.29 is 23.1 Å². The summed E-state index contributed by atoms with van der Waals surface area (Å²) < 4.78 is 26.5. The minimum absolute atomic E-state index is 0.0496. The van der Waals surface area contributed by atoms with Crippen LogP contribution in [-0.4, -0.2) is 37.5 Å². The molecule has 1 amide bonds. The zero-order valence-electron chi connectivity index (χ0n) is 14.1. The highest BCUT2D eigenvalue weighted by molar-refractivity contribution is 7.89. The average Bonchev–Trinajstić information content (AvgIpc) is 2.49. The number of rotatable bonds is 9. The van der Waals surface area contributed by atoms with Crippen molar-refractivity contribution >= 4 is 21.9 Å². The molecule has 8 heteroatoms. The maximum absolute atomic E-state index is 12.1. The molecule has 0 aliphatic heterocycles. The van der Waals surface area contributed by atoms with E-state index in [1.165, 1.54) is 24.3 Å². The number of aliphatic carboxylic acids is 1. The molecule has 1 rings (SSSR count). The molecule has 0 aliphatic carbocycles. The summed E-state index contributed by atoms with van der Waals surface area (Å²) in [5, 5.41) is 11.6. The van der Waals surface area contributed by atoms with Crippen LogP contribution >= 0.6 is 0 Å². The van der Waals surface area contributed by atoms with Crippen molar-refractivity contribution in [1.29, 1.82) is 0 Å². The largest absolute Gasteiger partial charge is 0.480 e. The van der Waals surface area contributed by atoms with Gasteiger partial charge in [-0.2, -0.15) is 0 Å². The minimum Gasteiger partial charge on any atom is -0.480 e. The van der Waals surface area contributed by atoms with Crippen LogP contribution in [-0.2, 0) is 14.8 Å². The molecule has 0 saturated heterocycles. The molecule has 1 atom stereocenters. The molecule has 134 valence electrons. The number of benzene rings is 1. The number of carboxylic acids is 1. The van der Waals surface area contributed by atoms with Crippen LogP contribution in [0.15, 0.2) is 29.2 Å². The number of carboxylic acid groups (broad SMARTS) is 1. The maximum Gasteiger partial charge on any atom is 0.326 e. The van der Waals surface area contributed by atoms with Crippen molar-refractivity contribution in [1.82, 2.24) is 10.0 Å². The lowest BCUT2D eigenvalue weighted by Gasteiger charge is -2.14. The number of unbranched alkanes of at least 4 members (excludes halogenated alkanes) is 1. The highest BCUT2D eigenvalue weighted by Gasteiger charge is 2.21. The van der Waals surface area contributed by atoms with E-state index in [4.69, 9.17) is 5.11 Å². The van der Waals surface area contributed by atoms with Crippen molar-refractivity contribution in [2.75, 3.05) is 0 Å². The Morgan fingerprint density at radius 2 is 1.75 bits per heavy atom. The number of carbonyl (C=O) groups is 2. The molecule has 0 aliphatic rings. The molecule has 0 radical (unpaired) electrons. The van der Waals surface area contributed by atoms with Crippen LogP contribution in [0.1, 0.15) is 50.4 Å². The van der Waals surface area contributed by atoms with E-state index < -0.39 is 27.9 Å². The maximum atomic E-state index is 12.1. The van der Waals surface area contributed by atoms with E-state index in [1.54, 1.807) is 13.8 Å². The molecule has 0 spiro atoms. The van der Waals surface area contributed by atoms with Gasteiger partial charge in [0.15, 0.2) is 0 Å². The lowest BCUT2D eigenvalue weighted by molar-refractivity contribution is -0.139. The number of hydrogen-bond donors (Lipinski definition) is 3. The summed E-state index contributed by atoms with van der Waals surface area (Å²) in [4.78, 5) is 23.3. The minimum atomic E-state index is -3.63. The van der Waals surface area contributed by atoms with Gasteiger partial charge in [-0.05, 0) is 44.5 Å². The topological polar surface area (TPSA) is 113 Å². The average molecular weight is 356 g/mol. The summed E-state index contributed by atoms with van der Waals surface area (Å²) >= 11 is 0. The van der Waals surface area contributed by atoms with Gasteiger partial charge in [0.25, 0.3) is 5.91 Å². The van der Waals surface area contributed by atoms with Crippen LogP contribution in [0.25, 0.3) is 0 Å². The van der Waals surface area contributed by atoms with Crippen molar-refractivity contribution in [2.45, 2.75) is 57.0 Å². The normalized spacial score (nSPS) is 12.8. The molecule has 0 fully saturated rings. The Hall–Kier alpha value is -1.93. The Kier molecular flexibility index (Phi) is 7.37. The summed E-state index contributed by atoms with van der Waals surface area (Å²) in [5.74, 6) is -1.63. The summed E-state index contributed by atoms with van der Waals surface area (Å²) in [7, 11) is -3.63. The number of amides is 1. The predicted molar refractivity (Wildman–Crippen MR) is 90.3 cm³/mol. The van der Waals surface area contributed by atoms with E-state index >= 15 is 0 Å². The van der Waals surface area contributed by atoms with Crippen LogP contribution in [0.4, 0.5) is 0 Å². The molecule has 0 saturated carbocycles. The molecule has 0 heterocycles. The van der Waals surface area contributed by atoms with Crippen LogP contribution < -0.4 is 10.0 Å². The zero-order chi connectivity index (χ0) is 18.3. The number of sulfonamides is 1. The Morgan fingerprint density at radius 1 is 1.17 bits per heavy atom. The fourth-order valence-corrected chi connectivity index (χ4v) is 3.32. The van der Waals surface area contributed by atoms with Gasteiger partial charge in [0, 0.05) is 11.6 Å². The molecular weight excluding hydrogens is 332 g/mol. The van der Waals surface area contributed by atoms with E-state index in [1.807, 2.05) is 6.92 Å². The fourth-order valence-electron chi connectivity index (χ4n) is 2.07. The first-order valence-corrected chi connectivity index (χ1v) is 9.31. The molecule has 3 N–H and O–H groups in total. The summed E-state index contributed by atoms with van der Waals surface area (Å²) in [6.45, 7) is 5.36. The third kappa shape index (κ3) is 5.93. The lowest BCUT2D eigenvalue weighted by atomic mass is 10.1. The molecule has 1 aromatic rings. The molecular formula is C16H24N2O5S. The first-order valence-electron chi connectivity index (χ1n) is 7.83. The van der Waals surface area contributed by atoms with Gasteiger partial charge in [0.1, 0.15) is 6.04 Å². The molecule has 1 unspecified atom stereocenters. The van der Waals surface area contributed by atoms with Gasteiger partial charge in [-0.1, -0.05) is 19.8 Å². The first-order chi connectivity index (χ1) is 11.2. The van der Waals surface area contributed by atoms with E-state index in [0.29, 0.717) is 12.8 Å². The number of nitrogens with one attached hydrogen (secondary N) is 2. The fraction of sp³-hybridized carbons (Fsp3) is 0.500. The predicted octanol–water partition coefficient (Wildman–Crippen LogP) is 1.75. The summed E-state index contributed by atoms with van der Waals surface area (Å²) in [6, 6.07) is 4.17. The van der Waals surface area contributed by atoms with E-state index in [2.05, 4.69) is 10.0 Å². The van der Waals surface area contributed by atoms with Crippen LogP contribution in [0.5, 0.6) is 0 Å². The molecule has 1 aromatic carbocycles. The Labute approximate surface area is 142 Å². The van der Waals surface area contributed by atoms with Gasteiger partial charge in [-0.25, -0.2) is 17.9 Å². The van der Waals surface area contributed by atoms with Gasteiger partial charge >= 0.3 is 5.97 Å². The Morgan fingerprint density at radius 3 is 2.21 bits per heavy atom. The standard InChI is InChI=1S/C16H24N2O5S/c1-4-5-6-14(16(20)21)17-15(19)12-7-9-13(10-8-12)24(22,23)18-11(2)3/h7-11,14,18H,4-6H2,1-3H3,(H,17,19)(H,20,21). The molecule has 0 aromatic heterocycles. The third-order valence-electron chi connectivity index (χ3n) is 3.27. The monoisotopic (exact) mass is 356 g/mol. The summed E-state index contributed by atoms with van der Waals surface area (Å²) in [6.07, 6.45) is 1.87. The molecule has 7 nitrogen and oxygen atoms in total. The van der Waals surface area contributed by atoms with Gasteiger partial charge in [0.2, 0.25) is 10.0 Å². The van der Waals surface area contributed by atoms with Gasteiger partial charge in [-0.15, -0.1) is 0 Å². The Balaban J connectivity index is 2.84. The second-order valence-corrected chi connectivity index (χ2v) is 7.52. The van der Waals surface area contributed by atoms with Gasteiger partial charge in [0.05, 0.1) is 4.90 Å². The van der Waals surface area contributed by atoms with Crippen LogP contribution in [0.3, 0.4) is 0 Å². The highest BCUT2D eigenvalue weighted by atomic mass is 32.2. The smallest absolute Gasteiger partial charge is 0.326 e. The molecule has 24 heavy (non-hydrogen) atoms. The van der Waals surface area contributed by atoms with Gasteiger partial charge in [-0.3, -0.25) is 4.79 Å². The SMILES string of the molecule is CCCCC(NC(=O)c1ccc(S(=O)(=O)NC(C)C)cc1)C(=O)O. The quantitative estimate of drug-likeness (QED) is 0.624. The van der Waals surface area contributed by atoms with Gasteiger partial charge < -0.3 is 10.4 Å². The van der Waals surface area contributed by atoms with E-state index in [9.17, 15) is 18.0 Å². The van der Waals surface area contributed by atoms with E-state index in [-0.39, 0.29) is 16.5 Å². The third-order valence-corrected chi connectivity index (χ3v) is 4.94. The highest BCUT2D eigenvalue weighted by Crippen LogP contribution is 2.12. The first kappa shape index (κ1) is 20.1. The van der Waals surface area contributed by atoms with Crippen molar-refractivity contribution in [2.24, 2.45) is 0 Å². The summed E-state index contributed by atoms with van der Waals surface area (Å²) in [5.41, 5.74) is 0.209. The van der Waals surface area contributed by atoms with Crippen LogP contribution in [0.2, 0.25) is 0 Å². The number of hydrogen-bond acceptors (Lipinski definition) is 4. The second kappa shape index (κ2) is 8.79.